The Bertz CT molecular complexity index is 1440. The van der Waals surface area contributed by atoms with Crippen LogP contribution in [0.3, 0.4) is 0 Å². The lowest BCUT2D eigenvalue weighted by atomic mass is 9.92. The van der Waals surface area contributed by atoms with Gasteiger partial charge in [0.05, 0.1) is 12.7 Å². The molecule has 1 N–H and O–H groups in total. The summed E-state index contributed by atoms with van der Waals surface area (Å²) in [6, 6.07) is 26.2. The summed E-state index contributed by atoms with van der Waals surface area (Å²) in [5, 5.41) is 5.95. The second-order valence-corrected chi connectivity index (χ2v) is 10.2. The maximum absolute atomic E-state index is 14.7. The molecule has 0 bridgehead atoms. The quantitative estimate of drug-likeness (QED) is 0.185. The van der Waals surface area contributed by atoms with Crippen molar-refractivity contribution in [2.24, 2.45) is 0 Å². The molecule has 0 heterocycles. The molecule has 0 spiro atoms. The molecule has 0 radical (unpaired) electrons. The molecule has 0 aliphatic rings. The summed E-state index contributed by atoms with van der Waals surface area (Å²) < 4.78 is 25.6. The third kappa shape index (κ3) is 7.83. The van der Waals surface area contributed by atoms with Crippen LogP contribution in [-0.4, -0.2) is 18.7 Å². The fourth-order valence-corrected chi connectivity index (χ4v) is 4.92. The molecule has 40 heavy (non-hydrogen) atoms. The molecule has 0 aliphatic carbocycles. The molecule has 2 atom stereocenters. The van der Waals surface area contributed by atoms with Gasteiger partial charge in [-0.05, 0) is 116 Å². The molecule has 4 nitrogen and oxygen atoms in total. The van der Waals surface area contributed by atoms with Gasteiger partial charge >= 0.3 is 5.97 Å². The average Bonchev–Trinajstić information content (AvgIpc) is 2.92. The number of esters is 1. The molecular weight excluding hydrogens is 525 g/mol. The molecule has 0 saturated carbocycles. The van der Waals surface area contributed by atoms with Gasteiger partial charge in [-0.15, -0.1) is 12.4 Å². The van der Waals surface area contributed by atoms with Crippen LogP contribution in [0.25, 0.3) is 21.9 Å². The number of ether oxygens (including phenoxy) is 2. The number of rotatable bonds is 11. The molecular formula is C34H39ClFNO3. The fraction of sp³-hybridized carbons (Fsp3) is 0.324. The van der Waals surface area contributed by atoms with Gasteiger partial charge in [0, 0.05) is 18.5 Å². The molecule has 0 fully saturated rings. The zero-order valence-corrected chi connectivity index (χ0v) is 24.7. The van der Waals surface area contributed by atoms with Crippen molar-refractivity contribution in [2.45, 2.75) is 65.6 Å². The number of nitrogens with one attached hydrogen (secondary N) is 1. The highest BCUT2D eigenvalue weighted by molar-refractivity contribution is 5.97. The number of benzene rings is 4. The maximum atomic E-state index is 14.7. The van der Waals surface area contributed by atoms with Gasteiger partial charge in [-0.3, -0.25) is 4.79 Å². The minimum absolute atomic E-state index is 0. The number of carbonyl (C=O) groups excluding carboxylic acids is 1. The summed E-state index contributed by atoms with van der Waals surface area (Å²) in [6.07, 6.45) is 0.247. The third-order valence-corrected chi connectivity index (χ3v) is 6.88. The Morgan fingerprint density at radius 1 is 0.875 bits per heavy atom. The lowest BCUT2D eigenvalue weighted by molar-refractivity contribution is -0.147. The summed E-state index contributed by atoms with van der Waals surface area (Å²) >= 11 is 0. The fourth-order valence-electron chi connectivity index (χ4n) is 4.92. The number of hydrogen-bond donors (Lipinski definition) is 1. The topological polar surface area (TPSA) is 47.6 Å². The minimum atomic E-state index is -0.317. The first kappa shape index (κ1) is 31.1. The monoisotopic (exact) mass is 563 g/mol. The predicted octanol–water partition coefficient (Wildman–Crippen LogP) is 8.76. The van der Waals surface area contributed by atoms with Gasteiger partial charge in [0.25, 0.3) is 0 Å². The Morgan fingerprint density at radius 3 is 2.38 bits per heavy atom. The van der Waals surface area contributed by atoms with Crippen molar-refractivity contribution in [3.63, 3.8) is 0 Å². The van der Waals surface area contributed by atoms with E-state index in [0.717, 1.165) is 38.8 Å². The van der Waals surface area contributed by atoms with Crippen LogP contribution >= 0.6 is 12.4 Å². The van der Waals surface area contributed by atoms with Crippen LogP contribution in [0.1, 0.15) is 69.8 Å². The first-order valence-corrected chi connectivity index (χ1v) is 13.7. The van der Waals surface area contributed by atoms with Crippen molar-refractivity contribution >= 4 is 29.1 Å². The Morgan fingerprint density at radius 2 is 1.62 bits per heavy atom. The van der Waals surface area contributed by atoms with E-state index >= 15 is 0 Å². The van der Waals surface area contributed by atoms with Crippen LogP contribution in [0.4, 0.5) is 4.39 Å². The van der Waals surface area contributed by atoms with Gasteiger partial charge < -0.3 is 14.8 Å². The van der Waals surface area contributed by atoms with Gasteiger partial charge in [-0.25, -0.2) is 4.39 Å². The van der Waals surface area contributed by atoms with E-state index in [2.05, 4.69) is 55.6 Å². The molecule has 0 amide bonds. The van der Waals surface area contributed by atoms with Crippen molar-refractivity contribution in [1.82, 2.24) is 5.32 Å². The number of aryl methyl sites for hydroxylation is 1. The summed E-state index contributed by atoms with van der Waals surface area (Å²) in [5.74, 6) is 0.242. The predicted molar refractivity (Wildman–Crippen MR) is 164 cm³/mol. The van der Waals surface area contributed by atoms with E-state index in [1.165, 1.54) is 6.07 Å². The Kier molecular flexibility index (Phi) is 11.1. The van der Waals surface area contributed by atoms with Crippen molar-refractivity contribution in [3.05, 3.63) is 101 Å². The number of fused-ring (bicyclic) bond motifs is 1. The Labute approximate surface area is 243 Å². The van der Waals surface area contributed by atoms with E-state index in [9.17, 15) is 9.18 Å². The highest BCUT2D eigenvalue weighted by atomic mass is 35.5. The molecule has 212 valence electrons. The van der Waals surface area contributed by atoms with Crippen molar-refractivity contribution in [2.75, 3.05) is 6.61 Å². The van der Waals surface area contributed by atoms with Crippen molar-refractivity contribution in [3.8, 4) is 16.9 Å². The largest absolute Gasteiger partial charge is 0.494 e. The smallest absolute Gasteiger partial charge is 0.306 e. The first-order valence-electron chi connectivity index (χ1n) is 13.7. The van der Waals surface area contributed by atoms with Crippen molar-refractivity contribution < 1.29 is 18.7 Å². The van der Waals surface area contributed by atoms with Gasteiger partial charge in [0.1, 0.15) is 11.6 Å². The first-order chi connectivity index (χ1) is 18.7. The lowest BCUT2D eigenvalue weighted by Gasteiger charge is -2.23. The van der Waals surface area contributed by atoms with E-state index in [1.54, 1.807) is 0 Å². The van der Waals surface area contributed by atoms with Crippen LogP contribution in [0.5, 0.6) is 5.75 Å². The summed E-state index contributed by atoms with van der Waals surface area (Å²) in [4.78, 5) is 12.1. The van der Waals surface area contributed by atoms with Gasteiger partial charge in [0.15, 0.2) is 0 Å². The van der Waals surface area contributed by atoms with E-state index in [1.807, 2.05) is 57.2 Å². The van der Waals surface area contributed by atoms with E-state index < -0.39 is 0 Å². The zero-order valence-electron chi connectivity index (χ0n) is 23.9. The average molecular weight is 564 g/mol. The molecule has 4 rings (SSSR count). The highest BCUT2D eigenvalue weighted by Gasteiger charge is 2.16. The molecule has 4 aromatic carbocycles. The Hall–Kier alpha value is -3.41. The molecule has 1 unspecified atom stereocenters. The standard InChI is InChI=1S/C34H38FNO3.ClH/c1-6-38-30-12-9-11-25(20-30)23(4)36-24(5)29-19-26-10-7-8-13-31(26)32(21-29)27-14-16-33(35)28(18-27)15-17-34(37)39-22(2)3;/h7-14,16,18-24,36H,6,15,17H2,1-5H3;1H/t23-,24?;/m1./s1. The minimum Gasteiger partial charge on any atom is -0.494 e. The van der Waals surface area contributed by atoms with Gasteiger partial charge in [-0.2, -0.15) is 0 Å². The zero-order chi connectivity index (χ0) is 27.9. The van der Waals surface area contributed by atoms with Gasteiger partial charge in [-0.1, -0.05) is 42.5 Å². The maximum Gasteiger partial charge on any atom is 0.306 e. The van der Waals surface area contributed by atoms with Crippen LogP contribution in [0.2, 0.25) is 0 Å². The highest BCUT2D eigenvalue weighted by Crippen LogP contribution is 2.34. The third-order valence-electron chi connectivity index (χ3n) is 6.88. The molecule has 6 heteroatoms. The molecule has 0 aromatic heterocycles. The normalized spacial score (nSPS) is 12.6. The van der Waals surface area contributed by atoms with Crippen LogP contribution < -0.4 is 10.1 Å². The summed E-state index contributed by atoms with van der Waals surface area (Å²) in [7, 11) is 0. The lowest BCUT2D eigenvalue weighted by Crippen LogP contribution is -2.22. The Balaban J connectivity index is 0.00000441. The van der Waals surface area contributed by atoms with E-state index in [4.69, 9.17) is 9.47 Å². The van der Waals surface area contributed by atoms with Crippen molar-refractivity contribution in [1.29, 1.82) is 0 Å². The van der Waals surface area contributed by atoms with Crippen LogP contribution in [0, 0.1) is 5.82 Å². The molecule has 0 aliphatic heterocycles. The number of carbonyl (C=O) groups is 1. The number of halogens is 2. The van der Waals surface area contributed by atoms with Gasteiger partial charge in [0.2, 0.25) is 0 Å². The SMILES string of the molecule is CCOc1cccc([C@@H](C)NC(C)c2cc(-c3ccc(F)c(CCC(=O)OC(C)C)c3)c3ccccc3c2)c1.Cl. The second kappa shape index (κ2) is 14.3. The van der Waals surface area contributed by atoms with Crippen LogP contribution in [-0.2, 0) is 16.0 Å². The van der Waals surface area contributed by atoms with Crippen LogP contribution in [0.15, 0.2) is 78.9 Å². The summed E-state index contributed by atoms with van der Waals surface area (Å²) in [6.45, 7) is 10.6. The van der Waals surface area contributed by atoms with E-state index in [-0.39, 0.29) is 48.8 Å². The number of hydrogen-bond acceptors (Lipinski definition) is 4. The second-order valence-electron chi connectivity index (χ2n) is 10.2. The molecule has 0 saturated heterocycles. The summed E-state index contributed by atoms with van der Waals surface area (Å²) in [5.41, 5.74) is 4.77. The molecule has 4 aromatic rings. The van der Waals surface area contributed by atoms with E-state index in [0.29, 0.717) is 18.6 Å².